The number of rotatable bonds is 11. The van der Waals surface area contributed by atoms with Gasteiger partial charge in [0.2, 0.25) is 0 Å². The van der Waals surface area contributed by atoms with E-state index < -0.39 is 4.92 Å². The second kappa shape index (κ2) is 10.6. The first-order chi connectivity index (χ1) is 13.0. The zero-order valence-corrected chi connectivity index (χ0v) is 16.2. The summed E-state index contributed by atoms with van der Waals surface area (Å²) in [5, 5.41) is 17.5. The molecule has 2 rings (SSSR count). The van der Waals surface area contributed by atoms with Crippen molar-refractivity contribution in [2.24, 2.45) is 0 Å². The molecule has 7 nitrogen and oxygen atoms in total. The molecule has 0 spiro atoms. The lowest BCUT2D eigenvalue weighted by Gasteiger charge is -2.13. The normalized spacial score (nSPS) is 10.5. The second-order valence-corrected chi connectivity index (χ2v) is 6.08. The van der Waals surface area contributed by atoms with Gasteiger partial charge in [0.15, 0.2) is 11.5 Å². The smallest absolute Gasteiger partial charge is 0.271 e. The van der Waals surface area contributed by atoms with Gasteiger partial charge in [0.25, 0.3) is 5.69 Å². The summed E-state index contributed by atoms with van der Waals surface area (Å²) in [4.78, 5) is 10.3. The Hall–Kier alpha value is -2.51. The Morgan fingerprint density at radius 1 is 1.04 bits per heavy atom. The summed E-state index contributed by atoms with van der Waals surface area (Å²) >= 11 is 6.06. The van der Waals surface area contributed by atoms with Gasteiger partial charge in [-0.2, -0.15) is 0 Å². The highest BCUT2D eigenvalue weighted by Gasteiger charge is 2.09. The van der Waals surface area contributed by atoms with Crippen LogP contribution in [0.5, 0.6) is 11.5 Å². The van der Waals surface area contributed by atoms with E-state index in [2.05, 4.69) is 10.6 Å². The van der Waals surface area contributed by atoms with Gasteiger partial charge in [-0.05, 0) is 37.6 Å². The number of halogens is 1. The number of anilines is 1. The van der Waals surface area contributed by atoms with E-state index in [4.69, 9.17) is 21.1 Å². The SMILES string of the molecule is CCOc1ccc(CNCCNc2ccc([N+](=O)[O-])cc2Cl)cc1OCC. The first-order valence-electron chi connectivity index (χ1n) is 8.82. The van der Waals surface area contributed by atoms with Gasteiger partial charge < -0.3 is 20.1 Å². The van der Waals surface area contributed by atoms with Crippen LogP contribution in [-0.2, 0) is 6.54 Å². The van der Waals surface area contributed by atoms with Crippen molar-refractivity contribution in [1.29, 1.82) is 0 Å². The Kier molecular flexibility index (Phi) is 8.16. The molecule has 27 heavy (non-hydrogen) atoms. The first-order valence-corrected chi connectivity index (χ1v) is 9.20. The minimum atomic E-state index is -0.468. The van der Waals surface area contributed by atoms with Crippen LogP contribution in [0.3, 0.4) is 0 Å². The number of nitrogens with one attached hydrogen (secondary N) is 2. The van der Waals surface area contributed by atoms with E-state index in [1.54, 1.807) is 6.07 Å². The third kappa shape index (κ3) is 6.30. The van der Waals surface area contributed by atoms with Gasteiger partial charge >= 0.3 is 0 Å². The Labute approximate surface area is 163 Å². The number of hydrogen-bond donors (Lipinski definition) is 2. The van der Waals surface area contributed by atoms with Crippen molar-refractivity contribution >= 4 is 23.0 Å². The highest BCUT2D eigenvalue weighted by molar-refractivity contribution is 6.33. The summed E-state index contributed by atoms with van der Waals surface area (Å²) in [7, 11) is 0. The van der Waals surface area contributed by atoms with Gasteiger partial charge in [-0.3, -0.25) is 10.1 Å². The van der Waals surface area contributed by atoms with Crippen molar-refractivity contribution in [3.8, 4) is 11.5 Å². The molecule has 8 heteroatoms. The molecule has 2 aromatic rings. The molecule has 146 valence electrons. The third-order valence-corrected chi connectivity index (χ3v) is 4.03. The summed E-state index contributed by atoms with van der Waals surface area (Å²) < 4.78 is 11.2. The molecular weight excluding hydrogens is 370 g/mol. The molecule has 0 saturated heterocycles. The van der Waals surface area contributed by atoms with Gasteiger partial charge in [-0.15, -0.1) is 0 Å². The largest absolute Gasteiger partial charge is 0.490 e. The number of nitro groups is 1. The zero-order valence-electron chi connectivity index (χ0n) is 15.5. The van der Waals surface area contributed by atoms with Crippen LogP contribution in [0.2, 0.25) is 5.02 Å². The first kappa shape index (κ1) is 20.8. The molecule has 0 atom stereocenters. The van der Waals surface area contributed by atoms with Crippen LogP contribution in [0.1, 0.15) is 19.4 Å². The van der Waals surface area contributed by atoms with Crippen LogP contribution in [0.25, 0.3) is 0 Å². The van der Waals surface area contributed by atoms with E-state index in [1.165, 1.54) is 12.1 Å². The van der Waals surface area contributed by atoms with E-state index in [9.17, 15) is 10.1 Å². The Balaban J connectivity index is 1.81. The predicted octanol–water partition coefficient (Wildman–Crippen LogP) is 4.25. The summed E-state index contributed by atoms with van der Waals surface area (Å²) in [6, 6.07) is 10.3. The van der Waals surface area contributed by atoms with Gasteiger partial charge in [0, 0.05) is 31.8 Å². The molecule has 2 aromatic carbocycles. The number of nitrogens with zero attached hydrogens (tertiary/aromatic N) is 1. The Bertz CT molecular complexity index is 771. The summed E-state index contributed by atoms with van der Waals surface area (Å²) in [5.74, 6) is 1.49. The van der Waals surface area contributed by atoms with E-state index in [0.717, 1.165) is 17.1 Å². The number of benzene rings is 2. The summed E-state index contributed by atoms with van der Waals surface area (Å²) in [5.41, 5.74) is 1.74. The molecule has 0 heterocycles. The molecule has 0 amide bonds. The monoisotopic (exact) mass is 393 g/mol. The van der Waals surface area contributed by atoms with Crippen LogP contribution in [-0.4, -0.2) is 31.2 Å². The van der Waals surface area contributed by atoms with Crippen LogP contribution in [0.4, 0.5) is 11.4 Å². The maximum Gasteiger partial charge on any atom is 0.271 e. The van der Waals surface area contributed by atoms with Gasteiger partial charge in [0.1, 0.15) is 0 Å². The highest BCUT2D eigenvalue weighted by Crippen LogP contribution is 2.28. The maximum atomic E-state index is 10.7. The van der Waals surface area contributed by atoms with Crippen LogP contribution >= 0.6 is 11.6 Å². The topological polar surface area (TPSA) is 85.7 Å². The second-order valence-electron chi connectivity index (χ2n) is 5.67. The van der Waals surface area contributed by atoms with Crippen LogP contribution in [0, 0.1) is 10.1 Å². The minimum absolute atomic E-state index is 0.0238. The lowest BCUT2D eigenvalue weighted by Crippen LogP contribution is -2.22. The van der Waals surface area contributed by atoms with Gasteiger partial charge in [-0.1, -0.05) is 17.7 Å². The lowest BCUT2D eigenvalue weighted by molar-refractivity contribution is -0.384. The zero-order chi connectivity index (χ0) is 19.6. The third-order valence-electron chi connectivity index (χ3n) is 3.72. The van der Waals surface area contributed by atoms with Crippen LogP contribution < -0.4 is 20.1 Å². The molecule has 0 aliphatic rings. The molecule has 0 saturated carbocycles. The number of ether oxygens (including phenoxy) is 2. The standard InChI is InChI=1S/C19H24ClN3O4/c1-3-26-18-8-5-14(11-19(18)27-4-2)13-21-9-10-22-17-7-6-15(23(24)25)12-16(17)20/h5-8,11-12,21-22H,3-4,9-10,13H2,1-2H3. The lowest BCUT2D eigenvalue weighted by atomic mass is 10.2. The maximum absolute atomic E-state index is 10.7. The molecule has 0 radical (unpaired) electrons. The van der Waals surface area contributed by atoms with E-state index >= 15 is 0 Å². The average molecular weight is 394 g/mol. The fraction of sp³-hybridized carbons (Fsp3) is 0.368. The number of nitro benzene ring substituents is 1. The molecule has 0 unspecified atom stereocenters. The van der Waals surface area contributed by atoms with Crippen molar-refractivity contribution < 1.29 is 14.4 Å². The minimum Gasteiger partial charge on any atom is -0.490 e. The molecular formula is C19H24ClN3O4. The van der Waals surface area contributed by atoms with E-state index in [0.29, 0.717) is 43.6 Å². The molecule has 0 bridgehead atoms. The van der Waals surface area contributed by atoms with Crippen molar-refractivity contribution in [1.82, 2.24) is 5.32 Å². The average Bonchev–Trinajstić information content (AvgIpc) is 2.64. The number of hydrogen-bond acceptors (Lipinski definition) is 6. The number of non-ortho nitro benzene ring substituents is 1. The van der Waals surface area contributed by atoms with Crippen molar-refractivity contribution in [3.63, 3.8) is 0 Å². The summed E-state index contributed by atoms with van der Waals surface area (Å²) in [6.45, 7) is 7.07. The van der Waals surface area contributed by atoms with Crippen LogP contribution in [0.15, 0.2) is 36.4 Å². The highest BCUT2D eigenvalue weighted by atomic mass is 35.5. The quantitative estimate of drug-likeness (QED) is 0.337. The fourth-order valence-corrected chi connectivity index (χ4v) is 2.73. The molecule has 0 aliphatic heterocycles. The molecule has 0 fully saturated rings. The summed E-state index contributed by atoms with van der Waals surface area (Å²) in [6.07, 6.45) is 0. The van der Waals surface area contributed by atoms with Gasteiger partial charge in [-0.25, -0.2) is 0 Å². The van der Waals surface area contributed by atoms with E-state index in [1.807, 2.05) is 32.0 Å². The molecule has 0 aromatic heterocycles. The Morgan fingerprint density at radius 2 is 1.78 bits per heavy atom. The molecule has 0 aliphatic carbocycles. The predicted molar refractivity (Wildman–Crippen MR) is 107 cm³/mol. The fourth-order valence-electron chi connectivity index (χ4n) is 2.48. The van der Waals surface area contributed by atoms with E-state index in [-0.39, 0.29) is 5.69 Å². The van der Waals surface area contributed by atoms with Crippen molar-refractivity contribution in [2.75, 3.05) is 31.6 Å². The Morgan fingerprint density at radius 3 is 2.44 bits per heavy atom. The van der Waals surface area contributed by atoms with Gasteiger partial charge in [0.05, 0.1) is 28.8 Å². The van der Waals surface area contributed by atoms with Crippen molar-refractivity contribution in [3.05, 3.63) is 57.1 Å². The van der Waals surface area contributed by atoms with Crippen molar-refractivity contribution in [2.45, 2.75) is 20.4 Å². The molecule has 2 N–H and O–H groups in total.